The van der Waals surface area contributed by atoms with Gasteiger partial charge in [0, 0.05) is 30.8 Å². The topological polar surface area (TPSA) is 84.7 Å². The molecule has 1 N–H and O–H groups in total. The van der Waals surface area contributed by atoms with E-state index in [1.807, 2.05) is 13.8 Å². The highest BCUT2D eigenvalue weighted by Gasteiger charge is 2.26. The van der Waals surface area contributed by atoms with Crippen molar-refractivity contribution in [2.45, 2.75) is 39.3 Å². The van der Waals surface area contributed by atoms with E-state index in [-0.39, 0.29) is 35.2 Å². The van der Waals surface area contributed by atoms with E-state index < -0.39 is 0 Å². The fourth-order valence-electron chi connectivity index (χ4n) is 3.16. The van der Waals surface area contributed by atoms with E-state index in [9.17, 15) is 9.59 Å². The highest BCUT2D eigenvalue weighted by atomic mass is 35.5. The van der Waals surface area contributed by atoms with E-state index in [2.05, 4.69) is 10.5 Å². The Bertz CT molecular complexity index is 894. The molecule has 2 aromatic rings. The zero-order chi connectivity index (χ0) is 21.7. The molecular formula is C21H25Cl2N3O4. The summed E-state index contributed by atoms with van der Waals surface area (Å²) in [6, 6.07) is 6.30. The summed E-state index contributed by atoms with van der Waals surface area (Å²) in [6.45, 7) is 5.75. The Morgan fingerprint density at radius 2 is 2.10 bits per heavy atom. The predicted octanol–water partition coefficient (Wildman–Crippen LogP) is 4.19. The van der Waals surface area contributed by atoms with Crippen molar-refractivity contribution in [2.24, 2.45) is 5.92 Å². The van der Waals surface area contributed by atoms with E-state index in [0.29, 0.717) is 42.0 Å². The minimum absolute atomic E-state index is 0.0586. The van der Waals surface area contributed by atoms with Crippen LogP contribution in [-0.4, -0.2) is 47.7 Å². The molecule has 0 radical (unpaired) electrons. The van der Waals surface area contributed by atoms with Gasteiger partial charge in [-0.05, 0) is 37.0 Å². The van der Waals surface area contributed by atoms with E-state index in [1.165, 1.54) is 6.07 Å². The van der Waals surface area contributed by atoms with Gasteiger partial charge in [-0.15, -0.1) is 0 Å². The maximum absolute atomic E-state index is 13.2. The van der Waals surface area contributed by atoms with Gasteiger partial charge in [-0.25, -0.2) is 0 Å². The van der Waals surface area contributed by atoms with Gasteiger partial charge in [-0.3, -0.25) is 9.59 Å². The largest absolute Gasteiger partial charge is 0.376 e. The van der Waals surface area contributed by atoms with Crippen LogP contribution in [0.5, 0.6) is 0 Å². The maximum atomic E-state index is 13.2. The van der Waals surface area contributed by atoms with E-state index in [0.717, 1.165) is 12.8 Å². The van der Waals surface area contributed by atoms with Crippen LogP contribution in [-0.2, 0) is 11.3 Å². The number of aromatic nitrogens is 1. The molecular weight excluding hydrogens is 429 g/mol. The fourth-order valence-corrected chi connectivity index (χ4v) is 3.65. The second kappa shape index (κ2) is 10.3. The van der Waals surface area contributed by atoms with Crippen molar-refractivity contribution in [3.63, 3.8) is 0 Å². The summed E-state index contributed by atoms with van der Waals surface area (Å²) in [5, 5.41) is 7.36. The first-order chi connectivity index (χ1) is 14.3. The second-order valence-electron chi connectivity index (χ2n) is 7.73. The van der Waals surface area contributed by atoms with Gasteiger partial charge in [0.05, 0.1) is 23.2 Å². The number of ether oxygens (including phenoxy) is 1. The molecule has 2 heterocycles. The maximum Gasteiger partial charge on any atom is 0.273 e. The minimum atomic E-state index is -0.309. The Kier molecular flexibility index (Phi) is 7.75. The Morgan fingerprint density at radius 3 is 2.77 bits per heavy atom. The first-order valence-electron chi connectivity index (χ1n) is 9.93. The fraction of sp³-hybridized carbons (Fsp3) is 0.476. The van der Waals surface area contributed by atoms with Gasteiger partial charge < -0.3 is 19.5 Å². The Balaban J connectivity index is 1.76. The van der Waals surface area contributed by atoms with Crippen LogP contribution in [0.2, 0.25) is 10.0 Å². The first kappa shape index (κ1) is 22.6. The van der Waals surface area contributed by atoms with Crippen molar-refractivity contribution >= 4 is 35.0 Å². The van der Waals surface area contributed by atoms with E-state index in [1.54, 1.807) is 23.1 Å². The summed E-state index contributed by atoms with van der Waals surface area (Å²) in [5.74, 6) is 0.149. The van der Waals surface area contributed by atoms with Crippen LogP contribution in [0.25, 0.3) is 0 Å². The van der Waals surface area contributed by atoms with Gasteiger partial charge in [0.1, 0.15) is 0 Å². The summed E-state index contributed by atoms with van der Waals surface area (Å²) >= 11 is 12.2. The van der Waals surface area contributed by atoms with E-state index >= 15 is 0 Å². The van der Waals surface area contributed by atoms with Crippen LogP contribution >= 0.6 is 23.2 Å². The molecule has 1 unspecified atom stereocenters. The predicted molar refractivity (Wildman–Crippen MR) is 114 cm³/mol. The molecule has 1 aliphatic heterocycles. The molecule has 1 atom stereocenters. The summed E-state index contributed by atoms with van der Waals surface area (Å²) in [7, 11) is 0. The van der Waals surface area contributed by atoms with Crippen LogP contribution in [0, 0.1) is 5.92 Å². The summed E-state index contributed by atoms with van der Waals surface area (Å²) in [4.78, 5) is 27.0. The molecule has 3 rings (SSSR count). The van der Waals surface area contributed by atoms with Gasteiger partial charge in [-0.1, -0.05) is 42.2 Å². The van der Waals surface area contributed by atoms with Crippen molar-refractivity contribution < 1.29 is 18.8 Å². The van der Waals surface area contributed by atoms with Crippen LogP contribution in [0.1, 0.15) is 53.3 Å². The van der Waals surface area contributed by atoms with Gasteiger partial charge >= 0.3 is 0 Å². The lowest BCUT2D eigenvalue weighted by molar-refractivity contribution is 0.0486. The third-order valence-electron chi connectivity index (χ3n) is 4.71. The number of hydrogen-bond donors (Lipinski definition) is 1. The van der Waals surface area contributed by atoms with Crippen molar-refractivity contribution in [1.82, 2.24) is 15.4 Å². The molecule has 1 fully saturated rings. The number of amides is 2. The second-order valence-corrected chi connectivity index (χ2v) is 8.57. The zero-order valence-corrected chi connectivity index (χ0v) is 18.5. The number of nitrogens with zero attached hydrogens (tertiary/aromatic N) is 2. The quantitative estimate of drug-likeness (QED) is 0.647. The molecule has 7 nitrogen and oxygen atoms in total. The van der Waals surface area contributed by atoms with Gasteiger partial charge in [0.25, 0.3) is 11.8 Å². The third kappa shape index (κ3) is 5.97. The van der Waals surface area contributed by atoms with Crippen molar-refractivity contribution in [2.75, 3.05) is 19.7 Å². The molecule has 0 spiro atoms. The number of nitrogens with one attached hydrogen (secondary N) is 1. The molecule has 1 aliphatic rings. The molecule has 0 aliphatic carbocycles. The Morgan fingerprint density at radius 1 is 1.30 bits per heavy atom. The smallest absolute Gasteiger partial charge is 0.273 e. The van der Waals surface area contributed by atoms with Crippen molar-refractivity contribution in [3.05, 3.63) is 51.3 Å². The molecule has 2 amide bonds. The molecule has 30 heavy (non-hydrogen) atoms. The molecule has 1 aromatic heterocycles. The van der Waals surface area contributed by atoms with Crippen LogP contribution in [0.4, 0.5) is 0 Å². The van der Waals surface area contributed by atoms with Crippen LogP contribution < -0.4 is 5.32 Å². The van der Waals surface area contributed by atoms with Crippen molar-refractivity contribution in [3.8, 4) is 0 Å². The lowest BCUT2D eigenvalue weighted by Crippen LogP contribution is -2.37. The van der Waals surface area contributed by atoms with Gasteiger partial charge in [0.15, 0.2) is 11.5 Å². The molecule has 9 heteroatoms. The van der Waals surface area contributed by atoms with Crippen LogP contribution in [0.15, 0.2) is 28.8 Å². The average Bonchev–Trinajstić information content (AvgIpc) is 3.37. The lowest BCUT2D eigenvalue weighted by atomic mass is 10.1. The van der Waals surface area contributed by atoms with Gasteiger partial charge in [0.2, 0.25) is 0 Å². The number of halogens is 2. The number of benzene rings is 1. The normalized spacial score (nSPS) is 16.1. The van der Waals surface area contributed by atoms with Crippen LogP contribution in [0.3, 0.4) is 0 Å². The zero-order valence-electron chi connectivity index (χ0n) is 17.0. The average molecular weight is 454 g/mol. The monoisotopic (exact) mass is 453 g/mol. The molecule has 1 aromatic carbocycles. The summed E-state index contributed by atoms with van der Waals surface area (Å²) in [5.41, 5.74) is 0.521. The number of hydrogen-bond acceptors (Lipinski definition) is 5. The highest BCUT2D eigenvalue weighted by Crippen LogP contribution is 2.24. The van der Waals surface area contributed by atoms with Gasteiger partial charge in [-0.2, -0.15) is 0 Å². The molecule has 162 valence electrons. The molecule has 1 saturated heterocycles. The third-order valence-corrected chi connectivity index (χ3v) is 5.25. The SMILES string of the molecule is CC(C)CNC(=O)c1cc(CN(CC2CCCO2)C(=O)c2ccc(Cl)cc2Cl)on1. The highest BCUT2D eigenvalue weighted by molar-refractivity contribution is 6.36. The molecule has 0 bridgehead atoms. The minimum Gasteiger partial charge on any atom is -0.376 e. The summed E-state index contributed by atoms with van der Waals surface area (Å²) in [6.07, 6.45) is 1.77. The Labute approximate surface area is 185 Å². The number of carbonyl (C=O) groups excluding carboxylic acids is 2. The molecule has 0 saturated carbocycles. The standard InChI is InChI=1S/C21H25Cl2N3O4/c1-13(2)10-24-20(27)19-9-16(30-25-19)12-26(11-15-4-3-7-29-15)21(28)17-6-5-14(22)8-18(17)23/h5-6,8-9,13,15H,3-4,7,10-12H2,1-2H3,(H,24,27). The Hall–Kier alpha value is -2.09. The lowest BCUT2D eigenvalue weighted by Gasteiger charge is -2.25. The van der Waals surface area contributed by atoms with E-state index in [4.69, 9.17) is 32.5 Å². The number of carbonyl (C=O) groups is 2. The first-order valence-corrected chi connectivity index (χ1v) is 10.7. The summed E-state index contributed by atoms with van der Waals surface area (Å²) < 4.78 is 11.0. The number of rotatable bonds is 8. The van der Waals surface area contributed by atoms with Crippen molar-refractivity contribution in [1.29, 1.82) is 0 Å².